The molecule has 0 saturated carbocycles. The summed E-state index contributed by atoms with van der Waals surface area (Å²) in [6, 6.07) is 128. The summed E-state index contributed by atoms with van der Waals surface area (Å²) in [6.45, 7) is 8.10. The van der Waals surface area contributed by atoms with E-state index in [2.05, 4.69) is 415 Å². The molecule has 1 unspecified atom stereocenters. The van der Waals surface area contributed by atoms with E-state index in [1.807, 2.05) is 12.2 Å². The Kier molecular flexibility index (Phi) is 18.7. The van der Waals surface area contributed by atoms with Crippen molar-refractivity contribution in [3.63, 3.8) is 0 Å². The van der Waals surface area contributed by atoms with E-state index in [1.54, 1.807) is 23.5 Å². The first-order valence-corrected chi connectivity index (χ1v) is 36.3. The number of allylic oxidation sites excluding steroid dienone is 6. The topological polar surface area (TPSA) is 13.0 Å². The lowest BCUT2D eigenvalue weighted by Crippen LogP contribution is -2.30. The third-order valence-electron chi connectivity index (χ3n) is 19.0. The lowest BCUT2D eigenvalue weighted by Gasteiger charge is -2.35. The molecule has 15 aromatic carbocycles. The molecule has 0 saturated heterocycles. The summed E-state index contributed by atoms with van der Waals surface area (Å²) in [5.74, 6) is 0. The highest BCUT2D eigenvalue weighted by molar-refractivity contribution is 8.08. The molecule has 1 aliphatic carbocycles. The Morgan fingerprint density at radius 3 is 1.04 bits per heavy atom. The summed E-state index contributed by atoms with van der Waals surface area (Å²) in [6.07, 6.45) is 15.9. The van der Waals surface area contributed by atoms with Crippen molar-refractivity contribution in [2.24, 2.45) is 0 Å². The van der Waals surface area contributed by atoms with Crippen LogP contribution in [0.25, 0.3) is 58.5 Å². The minimum absolute atomic E-state index is 0.0237. The molecular weight excluding hydrogens is 1270 g/mol. The molecule has 0 bridgehead atoms. The molecule has 0 fully saturated rings. The van der Waals surface area contributed by atoms with E-state index in [1.165, 1.54) is 53.6 Å². The van der Waals surface area contributed by atoms with Crippen LogP contribution in [0.2, 0.25) is 0 Å². The van der Waals surface area contributed by atoms with Gasteiger partial charge in [-0.05, 0) is 196 Å². The molecule has 0 aliphatic heterocycles. The molecule has 0 amide bonds. The van der Waals surface area contributed by atoms with Crippen LogP contribution in [0.1, 0.15) is 23.1 Å². The van der Waals surface area contributed by atoms with Crippen molar-refractivity contribution < 1.29 is 0 Å². The van der Waals surface area contributed by atoms with E-state index in [4.69, 9.17) is 0 Å². The summed E-state index contributed by atoms with van der Waals surface area (Å²) in [5, 5.41) is 9.50. The predicted molar refractivity (Wildman–Crippen MR) is 442 cm³/mol. The minimum atomic E-state index is 0.0237. The first-order valence-electron chi connectivity index (χ1n) is 34.6. The van der Waals surface area contributed by atoms with Crippen LogP contribution in [0.4, 0.5) is 62.6 Å². The Labute approximate surface area is 606 Å². The van der Waals surface area contributed by atoms with Crippen molar-refractivity contribution in [1.82, 2.24) is 0 Å². The maximum Gasteiger partial charge on any atom is 0.0560 e. The SMILES string of the molecule is C=C/C=C(\Sc1ccc(N(c2ccc(N(c3ccc(C4=CCC(N(c5ccc(N(c6ccc(/C(=C/C=C)Sc7ccccc7)cc6)c6cccc7ccccc67)cc5)c5cccc6ccccc56)C=C4)cc3)c3cccc4ccccc34)cc2)c2cccc3ccccc23)cc1)c1ccccc1. The molecule has 0 radical (unpaired) electrons. The van der Waals surface area contributed by atoms with Gasteiger partial charge in [0.2, 0.25) is 0 Å². The van der Waals surface area contributed by atoms with Crippen molar-refractivity contribution in [3.8, 4) is 0 Å². The highest BCUT2D eigenvalue weighted by atomic mass is 32.2. The number of hydrogen-bond donors (Lipinski definition) is 0. The summed E-state index contributed by atoms with van der Waals surface area (Å²) in [4.78, 5) is 14.3. The molecule has 0 heterocycles. The maximum atomic E-state index is 4.07. The van der Waals surface area contributed by atoms with E-state index in [9.17, 15) is 0 Å². The summed E-state index contributed by atoms with van der Waals surface area (Å²) in [5.41, 5.74) is 16.6. The zero-order valence-corrected chi connectivity index (χ0v) is 58.0. The maximum absolute atomic E-state index is 4.07. The van der Waals surface area contributed by atoms with Gasteiger partial charge in [0.15, 0.2) is 0 Å². The second kappa shape index (κ2) is 29.6. The molecule has 102 heavy (non-hydrogen) atoms. The fraction of sp³-hybridized carbons (Fsp3) is 0.0208. The van der Waals surface area contributed by atoms with Crippen molar-refractivity contribution >= 4 is 145 Å². The fourth-order valence-electron chi connectivity index (χ4n) is 14.1. The summed E-state index contributed by atoms with van der Waals surface area (Å²) < 4.78 is 0. The van der Waals surface area contributed by atoms with E-state index in [0.29, 0.717) is 0 Å². The van der Waals surface area contributed by atoms with E-state index in [0.717, 1.165) is 100 Å². The van der Waals surface area contributed by atoms with Crippen LogP contribution in [-0.2, 0) is 0 Å². The van der Waals surface area contributed by atoms with Crippen molar-refractivity contribution in [1.29, 1.82) is 0 Å². The smallest absolute Gasteiger partial charge is 0.0560 e. The largest absolute Gasteiger partial charge is 0.334 e. The number of benzene rings is 15. The van der Waals surface area contributed by atoms with Gasteiger partial charge < -0.3 is 19.6 Å². The molecule has 1 atom stereocenters. The fourth-order valence-corrected chi connectivity index (χ4v) is 16.0. The summed E-state index contributed by atoms with van der Waals surface area (Å²) in [7, 11) is 0. The van der Waals surface area contributed by atoms with Gasteiger partial charge in [-0.2, -0.15) is 0 Å². The average molecular weight is 1350 g/mol. The standard InChI is InChI=1S/C96H72N4S2/c1-3-23-95(75-29-7-5-8-30-75)102-86-67-65-84(66-68-86)100(94-44-22-34-74-28-14-18-40-90(74)94)83-63-61-81(62-64-83)98(92-42-20-32-72-26-12-16-38-88(72)92)78-53-47-70(48-54-78)69-45-51-77(52-46-69)97(91-41-19-31-71-25-11-15-37-87(71)91)80-57-59-82(60-58-80)99(93-43-21-33-73-27-13-17-39-89(73)93)79-55-49-76(50-56-79)96(24-4-2)101-85-35-9-6-10-36-85/h3-51,53-68,77H,1-2,52H2/b95-23-,96-24-. The van der Waals surface area contributed by atoms with E-state index in [-0.39, 0.29) is 6.04 Å². The van der Waals surface area contributed by atoms with Gasteiger partial charge in [0.25, 0.3) is 0 Å². The van der Waals surface area contributed by atoms with Gasteiger partial charge in [-0.3, -0.25) is 0 Å². The monoisotopic (exact) mass is 1340 g/mol. The van der Waals surface area contributed by atoms with Gasteiger partial charge in [0.05, 0.1) is 23.1 Å². The van der Waals surface area contributed by atoms with Crippen LogP contribution < -0.4 is 19.6 Å². The molecule has 6 heteroatoms. The number of hydrogen-bond acceptors (Lipinski definition) is 6. The molecule has 15 aromatic rings. The molecule has 16 rings (SSSR count). The lowest BCUT2D eigenvalue weighted by molar-refractivity contribution is 0.789. The molecule has 0 N–H and O–H groups in total. The van der Waals surface area contributed by atoms with Gasteiger partial charge in [0.1, 0.15) is 0 Å². The Morgan fingerprint density at radius 2 is 0.627 bits per heavy atom. The zero-order valence-electron chi connectivity index (χ0n) is 56.3. The minimum Gasteiger partial charge on any atom is -0.334 e. The Hall–Kier alpha value is -12.3. The number of thioether (sulfide) groups is 2. The zero-order chi connectivity index (χ0) is 68.6. The van der Waals surface area contributed by atoms with Crippen LogP contribution in [0, 0.1) is 0 Å². The predicted octanol–water partition coefficient (Wildman–Crippen LogP) is 27.9. The van der Waals surface area contributed by atoms with Gasteiger partial charge in [-0.1, -0.05) is 285 Å². The van der Waals surface area contributed by atoms with Crippen molar-refractivity contribution in [3.05, 3.63) is 424 Å². The molecule has 0 aromatic heterocycles. The third kappa shape index (κ3) is 13.4. The summed E-state index contributed by atoms with van der Waals surface area (Å²) >= 11 is 3.49. The highest BCUT2D eigenvalue weighted by Gasteiger charge is 2.26. The Balaban J connectivity index is 0.712. The number of anilines is 11. The van der Waals surface area contributed by atoms with Crippen molar-refractivity contribution in [2.75, 3.05) is 19.6 Å². The molecule has 488 valence electrons. The van der Waals surface area contributed by atoms with Crippen LogP contribution in [-0.4, -0.2) is 6.04 Å². The highest BCUT2D eigenvalue weighted by Crippen LogP contribution is 2.47. The first kappa shape index (κ1) is 64.4. The number of nitrogens with zero attached hydrogens (tertiary/aromatic N) is 4. The van der Waals surface area contributed by atoms with Crippen LogP contribution in [0.5, 0.6) is 0 Å². The number of rotatable bonds is 21. The average Bonchev–Trinajstić information content (AvgIpc) is 0.774. The van der Waals surface area contributed by atoms with Crippen LogP contribution in [0.3, 0.4) is 0 Å². The lowest BCUT2D eigenvalue weighted by atomic mass is 9.94. The third-order valence-corrected chi connectivity index (χ3v) is 21.2. The van der Waals surface area contributed by atoms with Crippen molar-refractivity contribution in [2.45, 2.75) is 22.3 Å². The van der Waals surface area contributed by atoms with Gasteiger partial charge in [0, 0.05) is 86.6 Å². The second-order valence-electron chi connectivity index (χ2n) is 25.2. The van der Waals surface area contributed by atoms with Crippen LogP contribution >= 0.6 is 23.5 Å². The van der Waals surface area contributed by atoms with Gasteiger partial charge in [-0.15, -0.1) is 0 Å². The van der Waals surface area contributed by atoms with E-state index >= 15 is 0 Å². The van der Waals surface area contributed by atoms with E-state index < -0.39 is 0 Å². The Bertz CT molecular complexity index is 5630. The van der Waals surface area contributed by atoms with Gasteiger partial charge in [-0.25, -0.2) is 0 Å². The molecular formula is C96H72N4S2. The Morgan fingerprint density at radius 1 is 0.304 bits per heavy atom. The first-order chi connectivity index (χ1) is 50.5. The molecule has 1 aliphatic rings. The molecule has 0 spiro atoms. The quantitative estimate of drug-likeness (QED) is 0.0521. The van der Waals surface area contributed by atoms with Gasteiger partial charge >= 0.3 is 0 Å². The molecule has 4 nitrogen and oxygen atoms in total. The normalized spacial score (nSPS) is 13.1. The second-order valence-corrected chi connectivity index (χ2v) is 27.5. The number of fused-ring (bicyclic) bond motifs is 4. The van der Waals surface area contributed by atoms with Crippen LogP contribution in [0.15, 0.2) is 417 Å².